The predicted octanol–water partition coefficient (Wildman–Crippen LogP) is 1.32. The van der Waals surface area contributed by atoms with Crippen LogP contribution in [0.1, 0.15) is 6.42 Å². The van der Waals surface area contributed by atoms with Crippen molar-refractivity contribution in [2.45, 2.75) is 12.5 Å². The molecule has 0 fully saturated rings. The number of hydrogen-bond donors (Lipinski definition) is 1. The lowest BCUT2D eigenvalue weighted by Crippen LogP contribution is -2.01. The molecule has 0 aromatic heterocycles. The standard InChI is InChI=1S/C5H8ClO/c1-3-5(7)4(2)6/h5,7H,1-3H2. The first kappa shape index (κ1) is 6.99. The van der Waals surface area contributed by atoms with Crippen molar-refractivity contribution < 1.29 is 5.11 Å². The van der Waals surface area contributed by atoms with Crippen LogP contribution in [0.4, 0.5) is 0 Å². The van der Waals surface area contributed by atoms with Crippen molar-refractivity contribution in [3.63, 3.8) is 0 Å². The highest BCUT2D eigenvalue weighted by molar-refractivity contribution is 6.29. The van der Waals surface area contributed by atoms with E-state index in [0.29, 0.717) is 6.42 Å². The van der Waals surface area contributed by atoms with Crippen LogP contribution in [0.2, 0.25) is 0 Å². The van der Waals surface area contributed by atoms with Gasteiger partial charge in [0.25, 0.3) is 0 Å². The summed E-state index contributed by atoms with van der Waals surface area (Å²) in [5.74, 6) is 0. The third kappa shape index (κ3) is 2.66. The quantitative estimate of drug-likeness (QED) is 0.582. The molecule has 1 unspecified atom stereocenters. The maximum Gasteiger partial charge on any atom is 0.0889 e. The molecule has 1 nitrogen and oxygen atoms in total. The van der Waals surface area contributed by atoms with Gasteiger partial charge in [0.05, 0.1) is 6.10 Å². The molecule has 0 aliphatic heterocycles. The Morgan fingerprint density at radius 3 is 2.29 bits per heavy atom. The molecule has 0 bridgehead atoms. The van der Waals surface area contributed by atoms with Gasteiger partial charge in [-0.2, -0.15) is 0 Å². The van der Waals surface area contributed by atoms with E-state index in [2.05, 4.69) is 13.5 Å². The summed E-state index contributed by atoms with van der Waals surface area (Å²) in [5.41, 5.74) is 0. The van der Waals surface area contributed by atoms with Crippen LogP contribution in [-0.4, -0.2) is 11.2 Å². The molecule has 0 amide bonds. The maximum absolute atomic E-state index is 8.64. The van der Waals surface area contributed by atoms with Crippen molar-refractivity contribution in [3.8, 4) is 0 Å². The van der Waals surface area contributed by atoms with Crippen molar-refractivity contribution in [1.29, 1.82) is 0 Å². The van der Waals surface area contributed by atoms with Gasteiger partial charge in [0.15, 0.2) is 0 Å². The van der Waals surface area contributed by atoms with Gasteiger partial charge < -0.3 is 5.11 Å². The van der Waals surface area contributed by atoms with Crippen LogP contribution in [0.25, 0.3) is 0 Å². The Balaban J connectivity index is 3.34. The molecule has 0 rings (SSSR count). The van der Waals surface area contributed by atoms with Gasteiger partial charge in [0, 0.05) is 5.03 Å². The number of halogens is 1. The van der Waals surface area contributed by atoms with Gasteiger partial charge in [-0.15, -0.1) is 0 Å². The van der Waals surface area contributed by atoms with Crippen LogP contribution in [0.3, 0.4) is 0 Å². The monoisotopic (exact) mass is 119 g/mol. The Morgan fingerprint density at radius 2 is 2.29 bits per heavy atom. The summed E-state index contributed by atoms with van der Waals surface area (Å²) in [7, 11) is 0. The molecule has 41 valence electrons. The minimum atomic E-state index is -0.637. The largest absolute Gasteiger partial charge is 0.388 e. The van der Waals surface area contributed by atoms with Crippen LogP contribution >= 0.6 is 11.6 Å². The van der Waals surface area contributed by atoms with Crippen molar-refractivity contribution >= 4 is 11.6 Å². The fourth-order valence-corrected chi connectivity index (χ4v) is 0.266. The Bertz CT molecular complexity index is 70.5. The summed E-state index contributed by atoms with van der Waals surface area (Å²) in [6, 6.07) is 0. The molecule has 0 heterocycles. The molecular weight excluding hydrogens is 112 g/mol. The zero-order valence-corrected chi connectivity index (χ0v) is 4.78. The van der Waals surface area contributed by atoms with Crippen molar-refractivity contribution in [3.05, 3.63) is 18.5 Å². The summed E-state index contributed by atoms with van der Waals surface area (Å²) in [6.07, 6.45) is -0.246. The van der Waals surface area contributed by atoms with E-state index in [0.717, 1.165) is 0 Å². The van der Waals surface area contributed by atoms with E-state index in [-0.39, 0.29) is 5.03 Å². The topological polar surface area (TPSA) is 20.2 Å². The fraction of sp³-hybridized carbons (Fsp3) is 0.400. The van der Waals surface area contributed by atoms with Crippen LogP contribution in [0, 0.1) is 6.92 Å². The average molecular weight is 120 g/mol. The van der Waals surface area contributed by atoms with Crippen molar-refractivity contribution in [1.82, 2.24) is 0 Å². The predicted molar refractivity (Wildman–Crippen MR) is 31.0 cm³/mol. The third-order valence-corrected chi connectivity index (χ3v) is 0.887. The molecule has 1 radical (unpaired) electrons. The van der Waals surface area contributed by atoms with E-state index in [1.165, 1.54) is 0 Å². The van der Waals surface area contributed by atoms with Gasteiger partial charge in [-0.25, -0.2) is 0 Å². The van der Waals surface area contributed by atoms with E-state index >= 15 is 0 Å². The minimum Gasteiger partial charge on any atom is -0.388 e. The molecule has 0 aliphatic carbocycles. The molecule has 0 aliphatic rings. The SMILES string of the molecule is [CH2]CC(O)C(=C)Cl. The highest BCUT2D eigenvalue weighted by Gasteiger charge is 1.99. The van der Waals surface area contributed by atoms with Crippen LogP contribution in [0.15, 0.2) is 11.6 Å². The summed E-state index contributed by atoms with van der Waals surface area (Å²) < 4.78 is 0. The summed E-state index contributed by atoms with van der Waals surface area (Å²) in [5, 5.41) is 8.90. The Kier molecular flexibility index (Phi) is 3.05. The van der Waals surface area contributed by atoms with E-state index in [1.807, 2.05) is 0 Å². The van der Waals surface area contributed by atoms with Crippen molar-refractivity contribution in [2.75, 3.05) is 0 Å². The first-order valence-corrected chi connectivity index (χ1v) is 2.38. The van der Waals surface area contributed by atoms with Gasteiger partial charge in [-0.3, -0.25) is 0 Å². The average Bonchev–Trinajstić information content (AvgIpc) is 1.65. The first-order valence-electron chi connectivity index (χ1n) is 2.00. The van der Waals surface area contributed by atoms with Gasteiger partial charge in [0.1, 0.15) is 0 Å². The normalized spacial score (nSPS) is 13.6. The molecule has 0 saturated carbocycles. The number of rotatable bonds is 2. The lowest BCUT2D eigenvalue weighted by molar-refractivity contribution is 0.222. The Labute approximate surface area is 48.6 Å². The van der Waals surface area contributed by atoms with Crippen LogP contribution in [-0.2, 0) is 0 Å². The lowest BCUT2D eigenvalue weighted by Gasteiger charge is -2.00. The third-order valence-electron chi connectivity index (χ3n) is 0.635. The van der Waals surface area contributed by atoms with Gasteiger partial charge in [0.2, 0.25) is 0 Å². The van der Waals surface area contributed by atoms with Gasteiger partial charge in [-0.05, 0) is 6.42 Å². The van der Waals surface area contributed by atoms with E-state index in [1.54, 1.807) is 0 Å². The molecule has 1 N–H and O–H groups in total. The second-order valence-corrected chi connectivity index (χ2v) is 1.74. The van der Waals surface area contributed by atoms with E-state index in [9.17, 15) is 0 Å². The Hall–Kier alpha value is -0.0100. The molecule has 0 aromatic rings. The number of hydrogen-bond acceptors (Lipinski definition) is 1. The molecule has 2 heteroatoms. The smallest absolute Gasteiger partial charge is 0.0889 e. The molecule has 7 heavy (non-hydrogen) atoms. The lowest BCUT2D eigenvalue weighted by atomic mass is 10.3. The summed E-state index contributed by atoms with van der Waals surface area (Å²) >= 11 is 5.24. The number of aliphatic hydroxyl groups excluding tert-OH is 1. The maximum atomic E-state index is 8.64. The second kappa shape index (κ2) is 3.05. The Morgan fingerprint density at radius 1 is 1.86 bits per heavy atom. The van der Waals surface area contributed by atoms with Gasteiger partial charge in [-0.1, -0.05) is 25.1 Å². The minimum absolute atomic E-state index is 0.259. The van der Waals surface area contributed by atoms with Crippen LogP contribution in [0.5, 0.6) is 0 Å². The molecule has 0 spiro atoms. The van der Waals surface area contributed by atoms with E-state index in [4.69, 9.17) is 16.7 Å². The highest BCUT2D eigenvalue weighted by Crippen LogP contribution is 2.05. The fourth-order valence-electron chi connectivity index (χ4n) is 0.157. The second-order valence-electron chi connectivity index (χ2n) is 1.25. The molecule has 1 atom stereocenters. The molecule has 0 saturated heterocycles. The summed E-state index contributed by atoms with van der Waals surface area (Å²) in [4.78, 5) is 0. The zero-order chi connectivity index (χ0) is 5.86. The zero-order valence-electron chi connectivity index (χ0n) is 4.02. The number of aliphatic hydroxyl groups is 1. The molecule has 0 aromatic carbocycles. The van der Waals surface area contributed by atoms with E-state index < -0.39 is 6.10 Å². The van der Waals surface area contributed by atoms with Gasteiger partial charge >= 0.3 is 0 Å². The van der Waals surface area contributed by atoms with Crippen LogP contribution < -0.4 is 0 Å². The molecular formula is C5H8ClO. The highest BCUT2D eigenvalue weighted by atomic mass is 35.5. The first-order chi connectivity index (χ1) is 3.18. The summed E-state index contributed by atoms with van der Waals surface area (Å²) in [6.45, 7) is 6.71. The van der Waals surface area contributed by atoms with Crippen molar-refractivity contribution in [2.24, 2.45) is 0 Å².